The summed E-state index contributed by atoms with van der Waals surface area (Å²) in [5.41, 5.74) is -0.431. The second-order valence-corrected chi connectivity index (χ2v) is 7.72. The molecule has 1 aromatic carbocycles. The molecule has 0 aromatic heterocycles. The maximum Gasteiger partial charge on any atom is 0.416 e. The van der Waals surface area contributed by atoms with Crippen LogP contribution in [-0.4, -0.2) is 34.3 Å². The van der Waals surface area contributed by atoms with E-state index in [-0.39, 0.29) is 6.54 Å². The van der Waals surface area contributed by atoms with E-state index < -0.39 is 17.8 Å². The molecule has 1 fully saturated rings. The van der Waals surface area contributed by atoms with Crippen LogP contribution in [0.25, 0.3) is 0 Å². The Labute approximate surface area is 130 Å². The summed E-state index contributed by atoms with van der Waals surface area (Å²) < 4.78 is 38.4. The summed E-state index contributed by atoms with van der Waals surface area (Å²) >= 11 is 3.88. The van der Waals surface area contributed by atoms with Gasteiger partial charge in [0.2, 0.25) is 0 Å². The number of rotatable bonds is 6. The molecule has 2 rings (SSSR count). The molecule has 0 saturated carbocycles. The van der Waals surface area contributed by atoms with Crippen LogP contribution in [0, 0.1) is 0 Å². The van der Waals surface area contributed by atoms with Gasteiger partial charge in [0, 0.05) is 18.1 Å². The zero-order valence-corrected chi connectivity index (χ0v) is 13.0. The summed E-state index contributed by atoms with van der Waals surface area (Å²) in [5.74, 6) is 2.37. The second kappa shape index (κ2) is 7.76. The standard InChI is InChI=1S/C14H18F3NOS2/c15-14(16,17)11-3-1-2-10(8-11)12(19)9-18-5-4-13-20-6-7-21-13/h1-3,8,12-13,18-19H,4-7,9H2. The van der Waals surface area contributed by atoms with Crippen LogP contribution in [0.5, 0.6) is 0 Å². The summed E-state index contributed by atoms with van der Waals surface area (Å²) in [6.45, 7) is 1.03. The Kier molecular flexibility index (Phi) is 6.28. The first-order valence-corrected chi connectivity index (χ1v) is 8.86. The number of hydrogen-bond acceptors (Lipinski definition) is 4. The van der Waals surface area contributed by atoms with Gasteiger partial charge in [0.25, 0.3) is 0 Å². The minimum absolute atomic E-state index is 0.267. The van der Waals surface area contributed by atoms with Crippen molar-refractivity contribution in [1.29, 1.82) is 0 Å². The molecule has 1 atom stereocenters. The first-order valence-electron chi connectivity index (χ1n) is 6.76. The Balaban J connectivity index is 1.78. The Morgan fingerprint density at radius 2 is 2.00 bits per heavy atom. The van der Waals surface area contributed by atoms with Gasteiger partial charge in [-0.3, -0.25) is 0 Å². The molecule has 21 heavy (non-hydrogen) atoms. The monoisotopic (exact) mass is 337 g/mol. The highest BCUT2D eigenvalue weighted by Crippen LogP contribution is 2.34. The minimum atomic E-state index is -4.37. The summed E-state index contributed by atoms with van der Waals surface area (Å²) in [4.78, 5) is 0. The van der Waals surface area contributed by atoms with Gasteiger partial charge in [0.1, 0.15) is 0 Å². The van der Waals surface area contributed by atoms with Gasteiger partial charge in [-0.1, -0.05) is 12.1 Å². The largest absolute Gasteiger partial charge is 0.416 e. The van der Waals surface area contributed by atoms with E-state index in [1.54, 1.807) is 0 Å². The number of hydrogen-bond donors (Lipinski definition) is 2. The summed E-state index contributed by atoms with van der Waals surface area (Å²) in [6.07, 6.45) is -4.29. The van der Waals surface area contributed by atoms with Gasteiger partial charge in [-0.05, 0) is 30.7 Å². The summed E-state index contributed by atoms with van der Waals surface area (Å²) in [5, 5.41) is 13.1. The van der Waals surface area contributed by atoms with Gasteiger partial charge in [0.15, 0.2) is 0 Å². The molecule has 1 saturated heterocycles. The zero-order chi connectivity index (χ0) is 15.3. The Bertz CT molecular complexity index is 450. The predicted octanol–water partition coefficient (Wildman–Crippen LogP) is 3.52. The van der Waals surface area contributed by atoms with E-state index in [4.69, 9.17) is 0 Å². The van der Waals surface area contributed by atoms with Crippen LogP contribution >= 0.6 is 23.5 Å². The van der Waals surface area contributed by atoms with E-state index in [9.17, 15) is 18.3 Å². The van der Waals surface area contributed by atoms with Crippen molar-refractivity contribution in [2.45, 2.75) is 23.3 Å². The molecule has 2 N–H and O–H groups in total. The van der Waals surface area contributed by atoms with Gasteiger partial charge in [-0.25, -0.2) is 0 Å². The average molecular weight is 337 g/mol. The summed E-state index contributed by atoms with van der Waals surface area (Å²) in [6, 6.07) is 4.87. The van der Waals surface area contributed by atoms with Crippen molar-refractivity contribution in [3.05, 3.63) is 35.4 Å². The smallest absolute Gasteiger partial charge is 0.387 e. The van der Waals surface area contributed by atoms with E-state index in [1.165, 1.54) is 23.6 Å². The molecule has 1 aliphatic heterocycles. The van der Waals surface area contributed by atoms with Crippen molar-refractivity contribution in [3.63, 3.8) is 0 Å². The zero-order valence-electron chi connectivity index (χ0n) is 11.4. The van der Waals surface area contributed by atoms with Crippen LogP contribution in [0.2, 0.25) is 0 Å². The number of aliphatic hydroxyl groups is 1. The molecule has 0 radical (unpaired) electrons. The summed E-state index contributed by atoms with van der Waals surface area (Å²) in [7, 11) is 0. The van der Waals surface area contributed by atoms with Crippen LogP contribution in [-0.2, 0) is 6.18 Å². The van der Waals surface area contributed by atoms with Crippen molar-refractivity contribution >= 4 is 23.5 Å². The molecule has 2 nitrogen and oxygen atoms in total. The molecular formula is C14H18F3NOS2. The highest BCUT2D eigenvalue weighted by Gasteiger charge is 2.30. The lowest BCUT2D eigenvalue weighted by molar-refractivity contribution is -0.137. The lowest BCUT2D eigenvalue weighted by atomic mass is 10.1. The first-order chi connectivity index (χ1) is 9.97. The molecule has 1 unspecified atom stereocenters. The average Bonchev–Trinajstić information content (AvgIpc) is 2.96. The molecule has 7 heteroatoms. The lowest BCUT2D eigenvalue weighted by Crippen LogP contribution is -2.24. The van der Waals surface area contributed by atoms with E-state index in [2.05, 4.69) is 5.32 Å². The van der Waals surface area contributed by atoms with Gasteiger partial charge < -0.3 is 10.4 Å². The Morgan fingerprint density at radius 3 is 2.67 bits per heavy atom. The van der Waals surface area contributed by atoms with Crippen molar-refractivity contribution in [3.8, 4) is 0 Å². The van der Waals surface area contributed by atoms with E-state index in [0.29, 0.717) is 10.1 Å². The molecular weight excluding hydrogens is 319 g/mol. The highest BCUT2D eigenvalue weighted by molar-refractivity contribution is 8.20. The number of nitrogens with one attached hydrogen (secondary N) is 1. The van der Waals surface area contributed by atoms with E-state index in [1.807, 2.05) is 23.5 Å². The van der Waals surface area contributed by atoms with Crippen molar-refractivity contribution in [2.24, 2.45) is 0 Å². The maximum absolute atomic E-state index is 12.6. The van der Waals surface area contributed by atoms with E-state index >= 15 is 0 Å². The van der Waals surface area contributed by atoms with Crippen LogP contribution in [0.4, 0.5) is 13.2 Å². The number of alkyl halides is 3. The Morgan fingerprint density at radius 1 is 1.29 bits per heavy atom. The van der Waals surface area contributed by atoms with Gasteiger partial charge in [-0.2, -0.15) is 13.2 Å². The van der Waals surface area contributed by atoms with Crippen LogP contribution < -0.4 is 5.32 Å². The minimum Gasteiger partial charge on any atom is -0.387 e. The van der Waals surface area contributed by atoms with Crippen LogP contribution in [0.15, 0.2) is 24.3 Å². The predicted molar refractivity (Wildman–Crippen MR) is 82.6 cm³/mol. The molecule has 0 bridgehead atoms. The molecule has 0 amide bonds. The SMILES string of the molecule is OC(CNCCC1SCCS1)c1cccc(C(F)(F)F)c1. The third kappa shape index (κ3) is 5.39. The molecule has 0 aliphatic carbocycles. The van der Waals surface area contributed by atoms with Crippen molar-refractivity contribution in [2.75, 3.05) is 24.6 Å². The normalized spacial score (nSPS) is 18.1. The molecule has 1 aromatic rings. The lowest BCUT2D eigenvalue weighted by Gasteiger charge is -2.15. The molecule has 118 valence electrons. The Hall–Kier alpha value is -0.370. The van der Waals surface area contributed by atoms with Crippen molar-refractivity contribution in [1.82, 2.24) is 5.32 Å². The fraction of sp³-hybridized carbons (Fsp3) is 0.571. The van der Waals surface area contributed by atoms with Gasteiger partial charge in [-0.15, -0.1) is 23.5 Å². The van der Waals surface area contributed by atoms with Gasteiger partial charge >= 0.3 is 6.18 Å². The second-order valence-electron chi connectivity index (χ2n) is 4.80. The van der Waals surface area contributed by atoms with E-state index in [0.717, 1.165) is 25.1 Å². The fourth-order valence-corrected chi connectivity index (χ4v) is 4.90. The molecule has 1 aliphatic rings. The fourth-order valence-electron chi connectivity index (χ4n) is 2.07. The topological polar surface area (TPSA) is 32.3 Å². The maximum atomic E-state index is 12.6. The third-order valence-electron chi connectivity index (χ3n) is 3.18. The number of thioether (sulfide) groups is 2. The molecule has 1 heterocycles. The van der Waals surface area contributed by atoms with Crippen LogP contribution in [0.3, 0.4) is 0 Å². The molecule has 0 spiro atoms. The van der Waals surface area contributed by atoms with Crippen molar-refractivity contribution < 1.29 is 18.3 Å². The number of aliphatic hydroxyl groups excluding tert-OH is 1. The quantitative estimate of drug-likeness (QED) is 0.778. The number of halogens is 3. The van der Waals surface area contributed by atoms with Gasteiger partial charge in [0.05, 0.1) is 16.2 Å². The third-order valence-corrected chi connectivity index (χ3v) is 6.35. The first kappa shape index (κ1) is 17.0. The number of benzene rings is 1. The van der Waals surface area contributed by atoms with Crippen LogP contribution in [0.1, 0.15) is 23.7 Å². The highest BCUT2D eigenvalue weighted by atomic mass is 32.2.